The molecule has 10 heteroatoms. The van der Waals surface area contributed by atoms with Gasteiger partial charge in [0.05, 0.1) is 15.8 Å². The molecule has 8 nitrogen and oxygen atoms in total. The molecule has 0 spiro atoms. The number of para-hydroxylation sites is 1. The first kappa shape index (κ1) is 18.3. The van der Waals surface area contributed by atoms with E-state index in [0.717, 1.165) is 41.4 Å². The predicted octanol–water partition coefficient (Wildman–Crippen LogP) is 2.79. The summed E-state index contributed by atoms with van der Waals surface area (Å²) in [7, 11) is -3.31. The molecule has 0 atom stereocenters. The first-order chi connectivity index (χ1) is 14.0. The number of hydrogen-bond donors (Lipinski definition) is 0. The molecule has 0 aliphatic carbocycles. The second-order valence-corrected chi connectivity index (χ2v) is 10.1. The number of aromatic nitrogens is 4. The summed E-state index contributed by atoms with van der Waals surface area (Å²) in [5.41, 5.74) is 1.32. The largest absolute Gasteiger partial charge is 0.474 e. The van der Waals surface area contributed by atoms with E-state index in [4.69, 9.17) is 4.74 Å². The predicted molar refractivity (Wildman–Crippen MR) is 112 cm³/mol. The van der Waals surface area contributed by atoms with Crippen molar-refractivity contribution in [3.63, 3.8) is 0 Å². The van der Waals surface area contributed by atoms with E-state index in [0.29, 0.717) is 11.4 Å². The molecule has 5 rings (SSSR count). The molecule has 4 aromatic rings. The molecule has 0 bridgehead atoms. The van der Waals surface area contributed by atoms with Crippen LogP contribution in [0, 0.1) is 0 Å². The zero-order valence-corrected chi connectivity index (χ0v) is 17.4. The number of benzene rings is 1. The van der Waals surface area contributed by atoms with Gasteiger partial charge in [-0.2, -0.15) is 10.1 Å². The smallest absolute Gasteiger partial charge is 0.217 e. The first-order valence-electron chi connectivity index (χ1n) is 9.29. The Labute approximate surface area is 171 Å². The van der Waals surface area contributed by atoms with Gasteiger partial charge in [-0.25, -0.2) is 17.9 Å². The van der Waals surface area contributed by atoms with Crippen LogP contribution in [0.25, 0.3) is 15.9 Å². The summed E-state index contributed by atoms with van der Waals surface area (Å²) in [5, 5.41) is 4.99. The zero-order chi connectivity index (χ0) is 20.0. The number of anilines is 1. The van der Waals surface area contributed by atoms with Crippen LogP contribution in [0.1, 0.15) is 12.8 Å². The Morgan fingerprint density at radius 3 is 2.76 bits per heavy atom. The Kier molecular flexibility index (Phi) is 4.39. The summed E-state index contributed by atoms with van der Waals surface area (Å²) in [4.78, 5) is 11.6. The maximum absolute atomic E-state index is 12.0. The summed E-state index contributed by atoms with van der Waals surface area (Å²) in [6, 6.07) is 8.97. The maximum Gasteiger partial charge on any atom is 0.217 e. The molecule has 0 saturated carbocycles. The van der Waals surface area contributed by atoms with Crippen molar-refractivity contribution in [1.82, 2.24) is 19.6 Å². The highest BCUT2D eigenvalue weighted by Gasteiger charge is 2.24. The van der Waals surface area contributed by atoms with Crippen molar-refractivity contribution in [2.45, 2.75) is 23.8 Å². The number of ether oxygens (including phenoxy) is 1. The van der Waals surface area contributed by atoms with E-state index in [9.17, 15) is 8.42 Å². The number of rotatable bonds is 4. The molecule has 4 heterocycles. The molecule has 1 aliphatic rings. The lowest BCUT2D eigenvalue weighted by atomic mass is 10.1. The highest BCUT2D eigenvalue weighted by molar-refractivity contribution is 7.91. The third kappa shape index (κ3) is 3.53. The fourth-order valence-electron chi connectivity index (χ4n) is 3.54. The average molecular weight is 430 g/mol. The number of thiazole rings is 1. The molecule has 1 fully saturated rings. The molecular weight excluding hydrogens is 410 g/mol. The summed E-state index contributed by atoms with van der Waals surface area (Å²) >= 11 is 1.53. The SMILES string of the molecule is CS(=O)(=O)c1cccc2sc(N3CCC(Oc4ccn5nccc5n4)CC3)nc12. The van der Waals surface area contributed by atoms with Gasteiger partial charge in [0.25, 0.3) is 0 Å². The van der Waals surface area contributed by atoms with Crippen LogP contribution in [0.3, 0.4) is 0 Å². The molecule has 1 aliphatic heterocycles. The lowest BCUT2D eigenvalue weighted by Gasteiger charge is -2.31. The first-order valence-corrected chi connectivity index (χ1v) is 12.0. The van der Waals surface area contributed by atoms with E-state index in [2.05, 4.69) is 20.0 Å². The van der Waals surface area contributed by atoms with E-state index in [1.165, 1.54) is 17.6 Å². The zero-order valence-electron chi connectivity index (χ0n) is 15.7. The topological polar surface area (TPSA) is 89.7 Å². The maximum atomic E-state index is 12.0. The summed E-state index contributed by atoms with van der Waals surface area (Å²) in [6.07, 6.45) is 6.55. The monoisotopic (exact) mass is 429 g/mol. The third-order valence-corrected chi connectivity index (χ3v) is 7.21. The molecule has 0 N–H and O–H groups in total. The summed E-state index contributed by atoms with van der Waals surface area (Å²) in [6.45, 7) is 1.60. The molecule has 0 amide bonds. The van der Waals surface area contributed by atoms with Crippen molar-refractivity contribution in [1.29, 1.82) is 0 Å². The van der Waals surface area contributed by atoms with Crippen molar-refractivity contribution in [2.24, 2.45) is 0 Å². The van der Waals surface area contributed by atoms with Gasteiger partial charge in [0, 0.05) is 50.5 Å². The van der Waals surface area contributed by atoms with Crippen molar-refractivity contribution < 1.29 is 13.2 Å². The van der Waals surface area contributed by atoms with Gasteiger partial charge in [0.15, 0.2) is 20.6 Å². The molecule has 1 aromatic carbocycles. The molecule has 3 aromatic heterocycles. The van der Waals surface area contributed by atoms with Crippen molar-refractivity contribution in [3.8, 4) is 5.88 Å². The average Bonchev–Trinajstić information content (AvgIpc) is 3.33. The number of sulfone groups is 1. The molecule has 1 saturated heterocycles. The van der Waals surface area contributed by atoms with Crippen molar-refractivity contribution in [2.75, 3.05) is 24.2 Å². The van der Waals surface area contributed by atoms with Gasteiger partial charge in [-0.1, -0.05) is 17.4 Å². The van der Waals surface area contributed by atoms with Crippen LogP contribution in [0.4, 0.5) is 5.13 Å². The van der Waals surface area contributed by atoms with E-state index < -0.39 is 9.84 Å². The van der Waals surface area contributed by atoms with Crippen LogP contribution in [0.5, 0.6) is 5.88 Å². The van der Waals surface area contributed by atoms with Gasteiger partial charge < -0.3 is 9.64 Å². The van der Waals surface area contributed by atoms with E-state index in [1.54, 1.807) is 22.8 Å². The van der Waals surface area contributed by atoms with E-state index >= 15 is 0 Å². The minimum Gasteiger partial charge on any atom is -0.474 e. The number of fused-ring (bicyclic) bond motifs is 2. The van der Waals surface area contributed by atoms with Crippen LogP contribution in [-0.4, -0.2) is 53.4 Å². The summed E-state index contributed by atoms with van der Waals surface area (Å²) < 4.78 is 32.7. The van der Waals surface area contributed by atoms with Crippen LogP contribution in [0.2, 0.25) is 0 Å². The van der Waals surface area contributed by atoms with Gasteiger partial charge in [0.2, 0.25) is 5.88 Å². The number of nitrogens with zero attached hydrogens (tertiary/aromatic N) is 5. The standard InChI is InChI=1S/C19H19N5O3S2/c1-29(25,26)15-4-2-3-14-18(15)22-19(28-14)23-10-6-13(7-11-23)27-17-8-12-24-16(21-17)5-9-20-24/h2-5,8-9,12-13H,6-7,10-11H2,1H3. The second kappa shape index (κ2) is 6.96. The van der Waals surface area contributed by atoms with Crippen LogP contribution in [0.15, 0.2) is 47.6 Å². The number of hydrogen-bond acceptors (Lipinski definition) is 8. The minimum absolute atomic E-state index is 0.0880. The minimum atomic E-state index is -3.31. The van der Waals surface area contributed by atoms with Crippen molar-refractivity contribution in [3.05, 3.63) is 42.7 Å². The fraction of sp³-hybridized carbons (Fsp3) is 0.316. The molecule has 150 valence electrons. The fourth-order valence-corrected chi connectivity index (χ4v) is 5.48. The number of piperidine rings is 1. The van der Waals surface area contributed by atoms with Gasteiger partial charge in [-0.05, 0) is 12.1 Å². The molecule has 0 radical (unpaired) electrons. The molecule has 0 unspecified atom stereocenters. The quantitative estimate of drug-likeness (QED) is 0.493. The molecule has 29 heavy (non-hydrogen) atoms. The Balaban J connectivity index is 1.30. The van der Waals surface area contributed by atoms with Gasteiger partial charge in [-0.3, -0.25) is 0 Å². The Morgan fingerprint density at radius 1 is 1.14 bits per heavy atom. The summed E-state index contributed by atoms with van der Waals surface area (Å²) in [5.74, 6) is 0.606. The lowest BCUT2D eigenvalue weighted by molar-refractivity contribution is 0.164. The van der Waals surface area contributed by atoms with Gasteiger partial charge in [-0.15, -0.1) is 0 Å². The van der Waals surface area contributed by atoms with E-state index in [1.807, 2.05) is 24.4 Å². The van der Waals surface area contributed by atoms with Crippen molar-refractivity contribution >= 4 is 42.2 Å². The van der Waals surface area contributed by atoms with Gasteiger partial charge >= 0.3 is 0 Å². The Bertz CT molecular complexity index is 1290. The molecular formula is C19H19N5O3S2. The second-order valence-electron chi connectivity index (χ2n) is 7.08. The normalized spacial score (nSPS) is 16.0. The highest BCUT2D eigenvalue weighted by atomic mass is 32.2. The third-order valence-electron chi connectivity index (χ3n) is 5.00. The Hall–Kier alpha value is -2.72. The van der Waals surface area contributed by atoms with Crippen LogP contribution in [-0.2, 0) is 9.84 Å². The van der Waals surface area contributed by atoms with Crippen LogP contribution >= 0.6 is 11.3 Å². The van der Waals surface area contributed by atoms with E-state index in [-0.39, 0.29) is 11.0 Å². The van der Waals surface area contributed by atoms with Gasteiger partial charge in [0.1, 0.15) is 11.6 Å². The van der Waals surface area contributed by atoms with Crippen LogP contribution < -0.4 is 9.64 Å². The highest BCUT2D eigenvalue weighted by Crippen LogP contribution is 2.34. The lowest BCUT2D eigenvalue weighted by Crippen LogP contribution is -2.38. The Morgan fingerprint density at radius 2 is 1.97 bits per heavy atom.